The van der Waals surface area contributed by atoms with Gasteiger partial charge in [-0.15, -0.1) is 0 Å². The molecule has 0 aromatic carbocycles. The number of carbonyl (C=O) groups is 1. The zero-order chi connectivity index (χ0) is 19.2. The van der Waals surface area contributed by atoms with Crippen LogP contribution >= 0.6 is 0 Å². The Hall–Kier alpha value is -1.75. The van der Waals surface area contributed by atoms with Crippen LogP contribution in [0.1, 0.15) is 38.5 Å². The van der Waals surface area contributed by atoms with Crippen LogP contribution in [-0.2, 0) is 9.53 Å². The maximum Gasteiger partial charge on any atom is 0.303 e. The summed E-state index contributed by atoms with van der Waals surface area (Å²) in [6, 6.07) is 0. The van der Waals surface area contributed by atoms with Gasteiger partial charge in [0.2, 0.25) is 0 Å². The third kappa shape index (κ3) is 4.95. The minimum absolute atomic E-state index is 0.0396. The molecule has 0 aromatic heterocycles. The predicted octanol–water partition coefficient (Wildman–Crippen LogP) is 4.38. The lowest BCUT2D eigenvalue weighted by atomic mass is 9.69. The van der Waals surface area contributed by atoms with Crippen molar-refractivity contribution in [3.05, 3.63) is 35.5 Å². The standard InChI is InChI=1S/C22H30FNO3/c1-27-19-6-8-20(16(12-19)5-9-22(25)26)15-4-7-21(18(11-15)13-23)17-3-2-10-24-14-17/h6-8,11,14-17,19-20H,2-5,9-10,12-13H2,1H3,(H,25,26). The topological polar surface area (TPSA) is 58.9 Å². The molecule has 3 rings (SSSR count). The van der Waals surface area contributed by atoms with Crippen LogP contribution in [0.3, 0.4) is 0 Å². The van der Waals surface area contributed by atoms with E-state index in [0.717, 1.165) is 43.4 Å². The molecule has 0 aromatic rings. The molecule has 1 N–H and O–H groups in total. The SMILES string of the molecule is COC1C=CC(C2C=C(CF)C(C3C=NCCC3)=CC2)C(CCC(=O)O)C1. The molecule has 5 unspecified atom stereocenters. The number of halogens is 1. The summed E-state index contributed by atoms with van der Waals surface area (Å²) in [6.07, 6.45) is 15.2. The summed E-state index contributed by atoms with van der Waals surface area (Å²) in [5.41, 5.74) is 1.90. The van der Waals surface area contributed by atoms with Crippen molar-refractivity contribution in [2.45, 2.75) is 44.6 Å². The Balaban J connectivity index is 1.76. The van der Waals surface area contributed by atoms with Crippen LogP contribution in [0, 0.1) is 23.7 Å². The Bertz CT molecular complexity index is 652. The molecule has 0 saturated carbocycles. The first-order valence-electron chi connectivity index (χ1n) is 10.0. The van der Waals surface area contributed by atoms with Gasteiger partial charge in [0.1, 0.15) is 6.67 Å². The maximum atomic E-state index is 13.8. The van der Waals surface area contributed by atoms with Crippen molar-refractivity contribution in [3.63, 3.8) is 0 Å². The molecule has 3 aliphatic rings. The highest BCUT2D eigenvalue weighted by Gasteiger charge is 2.33. The monoisotopic (exact) mass is 375 g/mol. The van der Waals surface area contributed by atoms with Crippen molar-refractivity contribution < 1.29 is 19.0 Å². The molecule has 27 heavy (non-hydrogen) atoms. The van der Waals surface area contributed by atoms with Gasteiger partial charge in [-0.2, -0.15) is 0 Å². The molecule has 0 spiro atoms. The largest absolute Gasteiger partial charge is 0.481 e. The van der Waals surface area contributed by atoms with E-state index in [4.69, 9.17) is 9.84 Å². The lowest BCUT2D eigenvalue weighted by Gasteiger charge is -2.37. The van der Waals surface area contributed by atoms with Crippen molar-refractivity contribution in [1.82, 2.24) is 0 Å². The predicted molar refractivity (Wildman–Crippen MR) is 105 cm³/mol. The Kier molecular flexibility index (Phi) is 7.00. The van der Waals surface area contributed by atoms with E-state index in [1.165, 1.54) is 0 Å². The normalized spacial score (nSPS) is 33.5. The summed E-state index contributed by atoms with van der Waals surface area (Å²) >= 11 is 0. The van der Waals surface area contributed by atoms with E-state index in [-0.39, 0.29) is 36.2 Å². The molecule has 0 fully saturated rings. The molecular weight excluding hydrogens is 345 g/mol. The second-order valence-corrected chi connectivity index (χ2v) is 7.85. The number of methoxy groups -OCH3 is 1. The fraction of sp³-hybridized carbons (Fsp3) is 0.636. The molecule has 2 aliphatic carbocycles. The van der Waals surface area contributed by atoms with Crippen LogP contribution < -0.4 is 0 Å². The molecule has 0 bridgehead atoms. The van der Waals surface area contributed by atoms with Crippen molar-refractivity contribution in [3.8, 4) is 0 Å². The summed E-state index contributed by atoms with van der Waals surface area (Å²) in [4.78, 5) is 15.4. The number of hydrogen-bond acceptors (Lipinski definition) is 3. The number of aliphatic imine (C=N–C) groups is 1. The van der Waals surface area contributed by atoms with E-state index in [1.54, 1.807) is 7.11 Å². The number of ether oxygens (including phenoxy) is 1. The first-order chi connectivity index (χ1) is 13.1. The van der Waals surface area contributed by atoms with Crippen molar-refractivity contribution >= 4 is 12.2 Å². The van der Waals surface area contributed by atoms with Gasteiger partial charge < -0.3 is 9.84 Å². The summed E-state index contributed by atoms with van der Waals surface area (Å²) in [5, 5.41) is 9.09. The number of allylic oxidation sites excluding steroid dienone is 5. The Morgan fingerprint density at radius 2 is 2.26 bits per heavy atom. The van der Waals surface area contributed by atoms with Crippen LogP contribution in [0.2, 0.25) is 0 Å². The number of aliphatic carboxylic acids is 1. The van der Waals surface area contributed by atoms with Gasteiger partial charge in [-0.1, -0.05) is 24.3 Å². The highest BCUT2D eigenvalue weighted by Crippen LogP contribution is 2.41. The van der Waals surface area contributed by atoms with E-state index in [0.29, 0.717) is 6.42 Å². The third-order valence-corrected chi connectivity index (χ3v) is 6.18. The molecule has 148 valence electrons. The fourth-order valence-electron chi connectivity index (χ4n) is 4.74. The number of carboxylic acids is 1. The van der Waals surface area contributed by atoms with Crippen LogP contribution in [0.4, 0.5) is 4.39 Å². The summed E-state index contributed by atoms with van der Waals surface area (Å²) < 4.78 is 19.3. The number of hydrogen-bond donors (Lipinski definition) is 1. The van der Waals surface area contributed by atoms with E-state index < -0.39 is 12.6 Å². The van der Waals surface area contributed by atoms with E-state index in [9.17, 15) is 9.18 Å². The van der Waals surface area contributed by atoms with Gasteiger partial charge in [-0.3, -0.25) is 9.79 Å². The molecule has 0 radical (unpaired) electrons. The molecule has 5 atom stereocenters. The van der Waals surface area contributed by atoms with Gasteiger partial charge in [-0.05, 0) is 61.0 Å². The average Bonchev–Trinajstić information content (AvgIpc) is 2.72. The van der Waals surface area contributed by atoms with E-state index in [2.05, 4.69) is 29.3 Å². The summed E-state index contributed by atoms with van der Waals surface area (Å²) in [5.74, 6) is 0.163. The second-order valence-electron chi connectivity index (χ2n) is 7.85. The van der Waals surface area contributed by atoms with Crippen molar-refractivity contribution in [2.24, 2.45) is 28.7 Å². The highest BCUT2D eigenvalue weighted by atomic mass is 19.1. The van der Waals surface area contributed by atoms with Gasteiger partial charge in [-0.25, -0.2) is 4.39 Å². The molecule has 5 heteroatoms. The second kappa shape index (κ2) is 9.45. The van der Waals surface area contributed by atoms with Crippen molar-refractivity contribution in [2.75, 3.05) is 20.3 Å². The number of nitrogens with zero attached hydrogens (tertiary/aromatic N) is 1. The lowest BCUT2D eigenvalue weighted by Crippen LogP contribution is -2.31. The van der Waals surface area contributed by atoms with Gasteiger partial charge in [0.05, 0.1) is 6.10 Å². The molecule has 1 aliphatic heterocycles. The number of alkyl halides is 1. The van der Waals surface area contributed by atoms with Crippen molar-refractivity contribution in [1.29, 1.82) is 0 Å². The summed E-state index contributed by atoms with van der Waals surface area (Å²) in [6.45, 7) is 0.420. The van der Waals surface area contributed by atoms with Crippen LogP contribution in [-0.4, -0.2) is 43.7 Å². The first kappa shape index (κ1) is 20.0. The number of carboxylic acid groups (broad SMARTS) is 1. The minimum atomic E-state index is -0.764. The Morgan fingerprint density at radius 1 is 1.41 bits per heavy atom. The van der Waals surface area contributed by atoms with Crippen LogP contribution in [0.15, 0.2) is 40.4 Å². The highest BCUT2D eigenvalue weighted by molar-refractivity contribution is 5.68. The molecule has 1 heterocycles. The zero-order valence-corrected chi connectivity index (χ0v) is 16.0. The third-order valence-electron chi connectivity index (χ3n) is 6.18. The molecular formula is C22H30FNO3. The first-order valence-corrected chi connectivity index (χ1v) is 10.0. The smallest absolute Gasteiger partial charge is 0.303 e. The van der Waals surface area contributed by atoms with Gasteiger partial charge in [0.25, 0.3) is 0 Å². The Morgan fingerprint density at radius 3 is 2.93 bits per heavy atom. The average molecular weight is 375 g/mol. The molecule has 0 saturated heterocycles. The number of rotatable bonds is 7. The molecule has 4 nitrogen and oxygen atoms in total. The quantitative estimate of drug-likeness (QED) is 0.672. The zero-order valence-electron chi connectivity index (χ0n) is 16.0. The maximum absolute atomic E-state index is 13.8. The van der Waals surface area contributed by atoms with Gasteiger partial charge in [0.15, 0.2) is 0 Å². The Labute approximate surface area is 160 Å². The van der Waals surface area contributed by atoms with E-state index in [1.807, 2.05) is 6.21 Å². The minimum Gasteiger partial charge on any atom is -0.481 e. The van der Waals surface area contributed by atoms with E-state index >= 15 is 0 Å². The lowest BCUT2D eigenvalue weighted by molar-refractivity contribution is -0.137. The summed E-state index contributed by atoms with van der Waals surface area (Å²) in [7, 11) is 1.69. The van der Waals surface area contributed by atoms with Gasteiger partial charge in [0, 0.05) is 32.2 Å². The van der Waals surface area contributed by atoms with Crippen LogP contribution in [0.25, 0.3) is 0 Å². The van der Waals surface area contributed by atoms with Gasteiger partial charge >= 0.3 is 5.97 Å². The van der Waals surface area contributed by atoms with Crippen LogP contribution in [0.5, 0.6) is 0 Å². The fourth-order valence-corrected chi connectivity index (χ4v) is 4.74. The molecule has 0 amide bonds.